The summed E-state index contributed by atoms with van der Waals surface area (Å²) in [6.07, 6.45) is 19.4. The van der Waals surface area contributed by atoms with Gasteiger partial charge in [0.1, 0.15) is 19.8 Å². The summed E-state index contributed by atoms with van der Waals surface area (Å²) in [5.41, 5.74) is 5.01. The fourth-order valence-electron chi connectivity index (χ4n) is 6.24. The molecular weight excluding hydrogens is 814 g/mol. The molecule has 9 nitrogen and oxygen atoms in total. The molecule has 1 unspecified atom stereocenters. The molecule has 2 aromatic heterocycles. The third-order valence-corrected chi connectivity index (χ3v) is 12.4. The molecule has 2 aromatic carbocycles. The van der Waals surface area contributed by atoms with Crippen molar-refractivity contribution in [3.63, 3.8) is 0 Å². The molecule has 0 saturated heterocycles. The number of likely N-dealkylation sites (N-methyl/N-ethyl adjacent to an activating group) is 1. The molecule has 0 aliphatic carbocycles. The number of aryl methyl sites for hydroxylation is 2. The van der Waals surface area contributed by atoms with Crippen LogP contribution in [0.5, 0.6) is 0 Å². The first-order chi connectivity index (χ1) is 28.9. The van der Waals surface area contributed by atoms with E-state index in [1.807, 2.05) is 21.1 Å². The van der Waals surface area contributed by atoms with E-state index in [1.165, 1.54) is 32.0 Å². The normalized spacial score (nSPS) is 13.5. The van der Waals surface area contributed by atoms with Crippen LogP contribution in [0.25, 0.3) is 24.3 Å². The predicted octanol–water partition coefficient (Wildman–Crippen LogP) is 11.9. The Balaban J connectivity index is 1.09. The van der Waals surface area contributed by atoms with Crippen molar-refractivity contribution in [3.8, 4) is 0 Å². The van der Waals surface area contributed by atoms with Gasteiger partial charge in [0.15, 0.2) is 6.10 Å². The number of rotatable bonds is 30. The molecule has 2 heterocycles. The number of thiophene rings is 2. The van der Waals surface area contributed by atoms with E-state index in [4.69, 9.17) is 18.5 Å². The summed E-state index contributed by atoms with van der Waals surface area (Å²) in [5.74, 6) is -0.869. The smallest absolute Gasteiger partial charge is 0.462 e. The standard InChI is InChI=1S/C48H64NO8PS2/c1-49(2,3)34-35-55-58(52,53)56-39-44(57-48(51)21-13-9-5-7-11-17-41-24-28-43(29-25-41)31-33-46-19-15-37-60-46)38-54-47(50)20-12-8-4-6-10-16-40-22-26-42(27-23-40)30-32-45-18-14-36-59-45/h14-15,18-19,22-33,36-37,44H,4-13,16-17,20-21,34-35,38-39H2,1-3H3/p+1/b32-30+,33-31+/t44-/m1/s1. The van der Waals surface area contributed by atoms with Crippen LogP contribution in [0.15, 0.2) is 83.6 Å². The van der Waals surface area contributed by atoms with Crippen LogP contribution in [-0.4, -0.2) is 74.9 Å². The molecule has 60 heavy (non-hydrogen) atoms. The summed E-state index contributed by atoms with van der Waals surface area (Å²) in [7, 11) is 1.41. The van der Waals surface area contributed by atoms with Gasteiger partial charge in [0, 0.05) is 22.6 Å². The predicted molar refractivity (Wildman–Crippen MR) is 248 cm³/mol. The molecular formula is C48H65NO8PS2+. The van der Waals surface area contributed by atoms with Gasteiger partial charge in [-0.15, -0.1) is 22.7 Å². The molecule has 2 atom stereocenters. The molecule has 4 aromatic rings. The van der Waals surface area contributed by atoms with E-state index < -0.39 is 32.5 Å². The van der Waals surface area contributed by atoms with Gasteiger partial charge >= 0.3 is 19.8 Å². The van der Waals surface area contributed by atoms with E-state index in [0.717, 1.165) is 64.2 Å². The van der Waals surface area contributed by atoms with Gasteiger partial charge in [-0.05, 0) is 95.8 Å². The number of phosphoric acid groups is 1. The number of esters is 2. The fraction of sp³-hybridized carbons (Fsp3) is 0.458. The van der Waals surface area contributed by atoms with Gasteiger partial charge in [-0.2, -0.15) is 0 Å². The summed E-state index contributed by atoms with van der Waals surface area (Å²) in [4.78, 5) is 38.1. The molecule has 0 fully saturated rings. The lowest BCUT2D eigenvalue weighted by Crippen LogP contribution is -2.37. The molecule has 0 aliphatic rings. The number of carbonyl (C=O) groups excluding carboxylic acids is 2. The number of nitrogens with zero attached hydrogens (tertiary/aromatic N) is 1. The Kier molecular flexibility index (Phi) is 22.3. The Labute approximate surface area is 366 Å². The van der Waals surface area contributed by atoms with Crippen LogP contribution >= 0.6 is 30.5 Å². The Bertz CT molecular complexity index is 1890. The zero-order valence-electron chi connectivity index (χ0n) is 35.7. The van der Waals surface area contributed by atoms with E-state index in [1.54, 1.807) is 22.7 Å². The number of ether oxygens (including phenoxy) is 2. The minimum atomic E-state index is -4.41. The van der Waals surface area contributed by atoms with Gasteiger partial charge in [0.05, 0.1) is 27.7 Å². The first kappa shape index (κ1) is 49.0. The zero-order chi connectivity index (χ0) is 42.9. The first-order valence-electron chi connectivity index (χ1n) is 21.3. The van der Waals surface area contributed by atoms with E-state index in [-0.39, 0.29) is 26.1 Å². The monoisotopic (exact) mass is 878 g/mol. The van der Waals surface area contributed by atoms with Crippen LogP contribution < -0.4 is 0 Å². The van der Waals surface area contributed by atoms with Crippen molar-refractivity contribution in [1.29, 1.82) is 0 Å². The number of quaternary nitrogens is 1. The number of hydrogen-bond donors (Lipinski definition) is 1. The highest BCUT2D eigenvalue weighted by Crippen LogP contribution is 2.43. The second kappa shape index (κ2) is 27.3. The minimum absolute atomic E-state index is 0.0123. The third-order valence-electron chi connectivity index (χ3n) is 9.79. The zero-order valence-corrected chi connectivity index (χ0v) is 38.2. The average molecular weight is 879 g/mol. The molecule has 0 radical (unpaired) electrons. The lowest BCUT2D eigenvalue weighted by atomic mass is 10.0. The molecule has 326 valence electrons. The first-order valence-corrected chi connectivity index (χ1v) is 24.6. The SMILES string of the molecule is C[N+](C)(C)CCOP(=O)(O)OC[C@@H](COC(=O)CCCCCCCc1ccc(/C=C/c2cccs2)cc1)OC(=O)CCCCCCCc1ccc(/C=C/c2cccs2)cc1. The van der Waals surface area contributed by atoms with E-state index >= 15 is 0 Å². The maximum atomic E-state index is 12.8. The number of benzene rings is 2. The second-order valence-electron chi connectivity index (χ2n) is 16.1. The molecule has 12 heteroatoms. The molecule has 0 saturated carbocycles. The summed E-state index contributed by atoms with van der Waals surface area (Å²) >= 11 is 3.45. The van der Waals surface area contributed by atoms with Crippen LogP contribution in [-0.2, 0) is 45.5 Å². The fourth-order valence-corrected chi connectivity index (χ4v) is 8.22. The van der Waals surface area contributed by atoms with E-state index in [9.17, 15) is 19.0 Å². The Morgan fingerprint density at radius 3 is 1.60 bits per heavy atom. The Hall–Kier alpha value is -3.67. The molecule has 0 amide bonds. The maximum Gasteiger partial charge on any atom is 0.472 e. The highest BCUT2D eigenvalue weighted by Gasteiger charge is 2.27. The summed E-state index contributed by atoms with van der Waals surface area (Å²) in [6.45, 7) is -0.192. The van der Waals surface area contributed by atoms with Crippen molar-refractivity contribution in [3.05, 3.63) is 116 Å². The van der Waals surface area contributed by atoms with Crippen molar-refractivity contribution in [2.24, 2.45) is 0 Å². The van der Waals surface area contributed by atoms with Gasteiger partial charge in [0.25, 0.3) is 0 Å². The van der Waals surface area contributed by atoms with Gasteiger partial charge in [-0.3, -0.25) is 18.6 Å². The van der Waals surface area contributed by atoms with Crippen molar-refractivity contribution in [2.45, 2.75) is 96.0 Å². The second-order valence-corrected chi connectivity index (χ2v) is 19.5. The van der Waals surface area contributed by atoms with E-state index in [2.05, 4.69) is 108 Å². The minimum Gasteiger partial charge on any atom is -0.462 e. The summed E-state index contributed by atoms with van der Waals surface area (Å²) < 4.78 is 34.4. The largest absolute Gasteiger partial charge is 0.472 e. The van der Waals surface area contributed by atoms with Crippen molar-refractivity contribution >= 4 is 66.7 Å². The highest BCUT2D eigenvalue weighted by atomic mass is 32.1. The summed E-state index contributed by atoms with van der Waals surface area (Å²) in [6, 6.07) is 25.7. The number of hydrogen-bond acceptors (Lipinski definition) is 9. The van der Waals surface area contributed by atoms with Crippen LogP contribution in [0.3, 0.4) is 0 Å². The third kappa shape index (κ3) is 22.3. The van der Waals surface area contributed by atoms with Crippen LogP contribution in [0, 0.1) is 0 Å². The van der Waals surface area contributed by atoms with E-state index in [0.29, 0.717) is 23.9 Å². The van der Waals surface area contributed by atoms with Gasteiger partial charge in [0.2, 0.25) is 0 Å². The van der Waals surface area contributed by atoms with Gasteiger partial charge < -0.3 is 18.9 Å². The number of unbranched alkanes of at least 4 members (excludes halogenated alkanes) is 8. The highest BCUT2D eigenvalue weighted by molar-refractivity contribution is 7.47. The summed E-state index contributed by atoms with van der Waals surface area (Å²) in [5, 5.41) is 4.15. The molecule has 4 rings (SSSR count). The molecule has 0 bridgehead atoms. The molecule has 0 spiro atoms. The lowest BCUT2D eigenvalue weighted by Gasteiger charge is -2.24. The van der Waals surface area contributed by atoms with Crippen molar-refractivity contribution in [2.75, 3.05) is 47.5 Å². The maximum absolute atomic E-state index is 12.8. The van der Waals surface area contributed by atoms with Crippen LogP contribution in [0.2, 0.25) is 0 Å². The Morgan fingerprint density at radius 1 is 0.633 bits per heavy atom. The van der Waals surface area contributed by atoms with Crippen molar-refractivity contribution < 1.29 is 42.1 Å². The number of phosphoric ester groups is 1. The van der Waals surface area contributed by atoms with Crippen LogP contribution in [0.4, 0.5) is 0 Å². The van der Waals surface area contributed by atoms with Crippen LogP contribution in [0.1, 0.15) is 109 Å². The Morgan fingerprint density at radius 2 is 1.12 bits per heavy atom. The lowest BCUT2D eigenvalue weighted by molar-refractivity contribution is -0.870. The molecule has 0 aliphatic heterocycles. The van der Waals surface area contributed by atoms with Crippen molar-refractivity contribution in [1.82, 2.24) is 0 Å². The van der Waals surface area contributed by atoms with Gasteiger partial charge in [-0.1, -0.05) is 111 Å². The molecule has 1 N–H and O–H groups in total. The average Bonchev–Trinajstić information content (AvgIpc) is 3.95. The van der Waals surface area contributed by atoms with Gasteiger partial charge in [-0.25, -0.2) is 4.57 Å². The topological polar surface area (TPSA) is 108 Å². The number of carbonyl (C=O) groups is 2. The quantitative estimate of drug-likeness (QED) is 0.0239.